The fourth-order valence-corrected chi connectivity index (χ4v) is 3.15. The minimum absolute atomic E-state index is 0.0224. The van der Waals surface area contributed by atoms with E-state index in [0.29, 0.717) is 18.1 Å². The zero-order valence-corrected chi connectivity index (χ0v) is 13.7. The van der Waals surface area contributed by atoms with Crippen molar-refractivity contribution < 1.29 is 9.53 Å². The molecule has 0 spiro atoms. The molecule has 0 unspecified atom stereocenters. The Labute approximate surface area is 141 Å². The van der Waals surface area contributed by atoms with Crippen LogP contribution in [0.3, 0.4) is 0 Å². The highest BCUT2D eigenvalue weighted by Crippen LogP contribution is 2.32. The van der Waals surface area contributed by atoms with Gasteiger partial charge in [-0.15, -0.1) is 0 Å². The van der Waals surface area contributed by atoms with Crippen molar-refractivity contribution >= 4 is 17.5 Å². The van der Waals surface area contributed by atoms with Crippen molar-refractivity contribution in [2.45, 2.75) is 25.0 Å². The van der Waals surface area contributed by atoms with Crippen LogP contribution < -0.4 is 0 Å². The highest BCUT2D eigenvalue weighted by molar-refractivity contribution is 6.31. The van der Waals surface area contributed by atoms with Gasteiger partial charge in [0.25, 0.3) is 0 Å². The molecule has 1 fully saturated rings. The molecule has 4 nitrogen and oxygen atoms in total. The monoisotopic (exact) mass is 330 g/mol. The Morgan fingerprint density at radius 2 is 2.17 bits per heavy atom. The van der Waals surface area contributed by atoms with Gasteiger partial charge in [0.05, 0.1) is 12.5 Å². The number of nitrogens with zero attached hydrogens (tertiary/aromatic N) is 2. The van der Waals surface area contributed by atoms with Gasteiger partial charge in [0.15, 0.2) is 0 Å². The number of benzene rings is 1. The van der Waals surface area contributed by atoms with Crippen LogP contribution in [0.5, 0.6) is 0 Å². The number of likely N-dealkylation sites (N-methyl/N-ethyl adjacent to an activating group) is 1. The summed E-state index contributed by atoms with van der Waals surface area (Å²) in [7, 11) is 1.84. The summed E-state index contributed by atoms with van der Waals surface area (Å²) in [5.41, 5.74) is 1.86. The fraction of sp³-hybridized carbons (Fsp3) is 0.333. The van der Waals surface area contributed by atoms with Crippen LogP contribution in [0.15, 0.2) is 48.8 Å². The van der Waals surface area contributed by atoms with Crippen molar-refractivity contribution in [1.29, 1.82) is 0 Å². The van der Waals surface area contributed by atoms with Gasteiger partial charge < -0.3 is 9.64 Å². The highest BCUT2D eigenvalue weighted by Gasteiger charge is 2.34. The second-order valence-electron chi connectivity index (χ2n) is 5.71. The summed E-state index contributed by atoms with van der Waals surface area (Å²) in [5.74, 6) is 0.0440. The van der Waals surface area contributed by atoms with Gasteiger partial charge in [-0.1, -0.05) is 35.9 Å². The molecule has 0 aliphatic carbocycles. The molecule has 0 bridgehead atoms. The summed E-state index contributed by atoms with van der Waals surface area (Å²) in [6, 6.07) is 11.4. The third-order valence-electron chi connectivity index (χ3n) is 4.26. The number of pyridine rings is 1. The van der Waals surface area contributed by atoms with Gasteiger partial charge in [-0.05, 0) is 24.1 Å². The van der Waals surface area contributed by atoms with Crippen LogP contribution in [0.25, 0.3) is 0 Å². The second kappa shape index (κ2) is 7.11. The minimum Gasteiger partial charge on any atom is -0.371 e. The zero-order valence-electron chi connectivity index (χ0n) is 13.0. The Balaban J connectivity index is 1.73. The Morgan fingerprint density at radius 1 is 1.35 bits per heavy atom. The Morgan fingerprint density at radius 3 is 2.91 bits per heavy atom. The average molecular weight is 331 g/mol. The third kappa shape index (κ3) is 3.54. The number of aromatic nitrogens is 1. The highest BCUT2D eigenvalue weighted by atomic mass is 35.5. The first-order valence-corrected chi connectivity index (χ1v) is 8.05. The maximum Gasteiger partial charge on any atom is 0.227 e. The molecule has 2 aromatic rings. The van der Waals surface area contributed by atoms with Crippen LogP contribution in [0, 0.1) is 0 Å². The van der Waals surface area contributed by atoms with E-state index < -0.39 is 0 Å². The van der Waals surface area contributed by atoms with Crippen molar-refractivity contribution in [2.24, 2.45) is 0 Å². The SMILES string of the molecule is CN(C(=O)Cc1ccccc1Cl)[C@H]1CCO[C@@H]1c1cccnc1. The molecule has 0 N–H and O–H groups in total. The van der Waals surface area contributed by atoms with Gasteiger partial charge in [0.2, 0.25) is 5.91 Å². The lowest BCUT2D eigenvalue weighted by Crippen LogP contribution is -2.39. The van der Waals surface area contributed by atoms with E-state index in [1.165, 1.54) is 0 Å². The topological polar surface area (TPSA) is 42.4 Å². The maximum absolute atomic E-state index is 12.6. The molecule has 1 aliphatic heterocycles. The van der Waals surface area contributed by atoms with Crippen molar-refractivity contribution in [2.75, 3.05) is 13.7 Å². The number of halogens is 1. The molecular weight excluding hydrogens is 312 g/mol. The first-order valence-electron chi connectivity index (χ1n) is 7.67. The lowest BCUT2D eigenvalue weighted by Gasteiger charge is -2.29. The standard InChI is InChI=1S/C18H19ClN2O2/c1-21(17(22)11-13-5-2-3-7-15(13)19)16-8-10-23-18(16)14-6-4-9-20-12-14/h2-7,9,12,16,18H,8,10-11H2,1H3/t16-,18+/m0/s1. The van der Waals surface area contributed by atoms with Crippen LogP contribution in [0.2, 0.25) is 5.02 Å². The minimum atomic E-state index is -0.121. The Bertz CT molecular complexity index is 678. The average Bonchev–Trinajstić information content (AvgIpc) is 3.06. The van der Waals surface area contributed by atoms with Crippen molar-refractivity contribution in [1.82, 2.24) is 9.88 Å². The first kappa shape index (κ1) is 16.0. The predicted molar refractivity (Wildman–Crippen MR) is 89.3 cm³/mol. The molecular formula is C18H19ClN2O2. The van der Waals surface area contributed by atoms with Crippen LogP contribution in [-0.2, 0) is 16.0 Å². The fourth-order valence-electron chi connectivity index (χ4n) is 2.95. The normalized spacial score (nSPS) is 20.4. The molecule has 0 radical (unpaired) electrons. The van der Waals surface area contributed by atoms with E-state index in [-0.39, 0.29) is 18.1 Å². The van der Waals surface area contributed by atoms with E-state index in [1.54, 1.807) is 23.4 Å². The molecule has 1 aliphatic rings. The lowest BCUT2D eigenvalue weighted by molar-refractivity contribution is -0.132. The zero-order chi connectivity index (χ0) is 16.2. The van der Waals surface area contributed by atoms with E-state index in [0.717, 1.165) is 17.5 Å². The Hall–Kier alpha value is -1.91. The number of rotatable bonds is 4. The molecule has 1 aromatic carbocycles. The van der Waals surface area contributed by atoms with Gasteiger partial charge in [0.1, 0.15) is 6.10 Å². The Kier molecular flexibility index (Phi) is 4.94. The third-order valence-corrected chi connectivity index (χ3v) is 4.63. The van der Waals surface area contributed by atoms with Crippen LogP contribution in [0.1, 0.15) is 23.7 Å². The van der Waals surface area contributed by atoms with E-state index in [1.807, 2.05) is 37.4 Å². The van der Waals surface area contributed by atoms with E-state index in [9.17, 15) is 4.79 Å². The predicted octanol–water partition coefficient (Wildman–Crippen LogP) is 3.27. The van der Waals surface area contributed by atoms with Crippen molar-refractivity contribution in [3.63, 3.8) is 0 Å². The van der Waals surface area contributed by atoms with Crippen LogP contribution >= 0.6 is 11.6 Å². The maximum atomic E-state index is 12.6. The molecule has 2 heterocycles. The van der Waals surface area contributed by atoms with Crippen LogP contribution in [-0.4, -0.2) is 35.5 Å². The summed E-state index contributed by atoms with van der Waals surface area (Å²) >= 11 is 6.15. The van der Waals surface area contributed by atoms with Crippen LogP contribution in [0.4, 0.5) is 0 Å². The van der Waals surface area contributed by atoms with Gasteiger partial charge in [-0.2, -0.15) is 0 Å². The largest absolute Gasteiger partial charge is 0.371 e. The number of amides is 1. The summed E-state index contributed by atoms with van der Waals surface area (Å²) in [6.07, 6.45) is 4.54. The number of ether oxygens (including phenoxy) is 1. The molecule has 2 atom stereocenters. The smallest absolute Gasteiger partial charge is 0.227 e. The van der Waals surface area contributed by atoms with E-state index in [2.05, 4.69) is 4.98 Å². The van der Waals surface area contributed by atoms with Gasteiger partial charge in [-0.25, -0.2) is 0 Å². The van der Waals surface area contributed by atoms with Gasteiger partial charge in [-0.3, -0.25) is 9.78 Å². The molecule has 120 valence electrons. The van der Waals surface area contributed by atoms with Gasteiger partial charge in [0, 0.05) is 36.6 Å². The van der Waals surface area contributed by atoms with E-state index >= 15 is 0 Å². The summed E-state index contributed by atoms with van der Waals surface area (Å²) in [6.45, 7) is 0.647. The van der Waals surface area contributed by atoms with E-state index in [4.69, 9.17) is 16.3 Å². The number of hydrogen-bond donors (Lipinski definition) is 0. The molecule has 3 rings (SSSR count). The molecule has 5 heteroatoms. The van der Waals surface area contributed by atoms with Crippen molar-refractivity contribution in [3.05, 3.63) is 64.9 Å². The number of carbonyl (C=O) groups is 1. The molecule has 1 amide bonds. The number of carbonyl (C=O) groups excluding carboxylic acids is 1. The molecule has 1 saturated heterocycles. The molecule has 0 saturated carbocycles. The second-order valence-corrected chi connectivity index (χ2v) is 6.11. The van der Waals surface area contributed by atoms with Crippen molar-refractivity contribution in [3.8, 4) is 0 Å². The summed E-state index contributed by atoms with van der Waals surface area (Å²) in [4.78, 5) is 18.6. The summed E-state index contributed by atoms with van der Waals surface area (Å²) in [5, 5.41) is 0.626. The number of hydrogen-bond acceptors (Lipinski definition) is 3. The quantitative estimate of drug-likeness (QED) is 0.864. The lowest BCUT2D eigenvalue weighted by atomic mass is 10.0. The molecule has 1 aromatic heterocycles. The molecule has 23 heavy (non-hydrogen) atoms. The first-order chi connectivity index (χ1) is 11.2. The summed E-state index contributed by atoms with van der Waals surface area (Å²) < 4.78 is 5.84. The van der Waals surface area contributed by atoms with Gasteiger partial charge >= 0.3 is 0 Å².